The van der Waals surface area contributed by atoms with E-state index in [9.17, 15) is 18.0 Å². The van der Waals surface area contributed by atoms with Gasteiger partial charge in [0, 0.05) is 47.6 Å². The number of carbonyl (C=O) groups excluding carboxylic acids is 2. The molecule has 1 N–H and O–H groups in total. The molecule has 3 rings (SSSR count). The van der Waals surface area contributed by atoms with E-state index in [1.54, 1.807) is 42.5 Å². The number of hydrogen-bond acceptors (Lipinski definition) is 5. The number of rotatable bonds is 14. The van der Waals surface area contributed by atoms with Crippen LogP contribution < -0.4 is 14.4 Å². The minimum absolute atomic E-state index is 0.00856. The second-order valence-electron chi connectivity index (χ2n) is 10.2. The summed E-state index contributed by atoms with van der Waals surface area (Å²) in [6.45, 7) is 3.79. The normalized spacial score (nSPS) is 12.1. The van der Waals surface area contributed by atoms with Crippen LogP contribution in [0.1, 0.15) is 37.8 Å². The third-order valence-electron chi connectivity index (χ3n) is 6.60. The van der Waals surface area contributed by atoms with Crippen LogP contribution in [-0.4, -0.2) is 57.1 Å². The van der Waals surface area contributed by atoms with Crippen LogP contribution in [0.5, 0.6) is 5.75 Å². The first-order valence-electron chi connectivity index (χ1n) is 13.6. The molecule has 226 valence electrons. The number of amides is 2. The molecule has 3 aromatic carbocycles. The van der Waals surface area contributed by atoms with Gasteiger partial charge in [0.05, 0.1) is 19.1 Å². The van der Waals surface area contributed by atoms with Gasteiger partial charge in [0.1, 0.15) is 11.8 Å². The topological polar surface area (TPSA) is 96.0 Å². The molecule has 0 spiro atoms. The van der Waals surface area contributed by atoms with Crippen molar-refractivity contribution in [2.24, 2.45) is 0 Å². The predicted octanol–water partition coefficient (Wildman–Crippen LogP) is 5.71. The van der Waals surface area contributed by atoms with Crippen LogP contribution in [0, 0.1) is 0 Å². The lowest BCUT2D eigenvalue weighted by Gasteiger charge is -2.33. The summed E-state index contributed by atoms with van der Waals surface area (Å²) in [5, 5.41) is 3.70. The standard InChI is InChI=1S/C31H37Cl2N3O5S/c1-22(2)34-31(38)29(20-23-10-6-5-7-11-23)35(21-26-27(32)12-8-13-28(26)33)30(37)14-9-19-36(42(4,39)40)24-15-17-25(41-3)18-16-24/h5-8,10-13,15-18,22,29H,9,14,19-21H2,1-4H3,(H,34,38). The van der Waals surface area contributed by atoms with Crippen molar-refractivity contribution in [2.75, 3.05) is 24.2 Å². The predicted molar refractivity (Wildman–Crippen MR) is 169 cm³/mol. The lowest BCUT2D eigenvalue weighted by Crippen LogP contribution is -2.52. The third-order valence-corrected chi connectivity index (χ3v) is 8.51. The van der Waals surface area contributed by atoms with Crippen LogP contribution >= 0.6 is 23.2 Å². The molecule has 3 aromatic rings. The van der Waals surface area contributed by atoms with Gasteiger partial charge in [-0.3, -0.25) is 13.9 Å². The van der Waals surface area contributed by atoms with Crippen molar-refractivity contribution in [1.82, 2.24) is 10.2 Å². The summed E-state index contributed by atoms with van der Waals surface area (Å²) in [5.41, 5.74) is 1.87. The van der Waals surface area contributed by atoms with Crippen molar-refractivity contribution < 1.29 is 22.7 Å². The molecule has 0 aliphatic rings. The highest BCUT2D eigenvalue weighted by atomic mass is 35.5. The van der Waals surface area contributed by atoms with E-state index in [-0.39, 0.29) is 50.2 Å². The maximum absolute atomic E-state index is 13.9. The first-order chi connectivity index (χ1) is 19.9. The number of anilines is 1. The quantitative estimate of drug-likeness (QED) is 0.245. The zero-order valence-electron chi connectivity index (χ0n) is 24.2. The van der Waals surface area contributed by atoms with Gasteiger partial charge in [0.2, 0.25) is 21.8 Å². The fourth-order valence-corrected chi connectivity index (χ4v) is 6.02. The van der Waals surface area contributed by atoms with E-state index in [0.29, 0.717) is 27.0 Å². The SMILES string of the molecule is COc1ccc(N(CCCC(=O)N(Cc2c(Cl)cccc2Cl)C(Cc2ccccc2)C(=O)NC(C)C)S(C)(=O)=O)cc1. The minimum atomic E-state index is -3.63. The molecule has 8 nitrogen and oxygen atoms in total. The Morgan fingerprint density at radius 1 is 0.929 bits per heavy atom. The Kier molecular flexibility index (Phi) is 12.1. The number of methoxy groups -OCH3 is 1. The molecule has 0 aliphatic heterocycles. The zero-order valence-corrected chi connectivity index (χ0v) is 26.5. The lowest BCUT2D eigenvalue weighted by atomic mass is 10.0. The Labute approximate surface area is 258 Å². The molecule has 2 amide bonds. The molecular weight excluding hydrogens is 597 g/mol. The van der Waals surface area contributed by atoms with Gasteiger partial charge in [0.25, 0.3) is 0 Å². The molecular formula is C31H37Cl2N3O5S. The number of carbonyl (C=O) groups is 2. The average Bonchev–Trinajstić information content (AvgIpc) is 2.94. The first-order valence-corrected chi connectivity index (χ1v) is 16.2. The number of sulfonamides is 1. The zero-order chi connectivity index (χ0) is 30.9. The maximum Gasteiger partial charge on any atom is 0.243 e. The monoisotopic (exact) mass is 633 g/mol. The fourth-order valence-electron chi connectivity index (χ4n) is 4.54. The number of nitrogens with zero attached hydrogens (tertiary/aromatic N) is 2. The Morgan fingerprint density at radius 3 is 2.10 bits per heavy atom. The number of hydrogen-bond donors (Lipinski definition) is 1. The van der Waals surface area contributed by atoms with Crippen molar-refractivity contribution in [3.05, 3.63) is 94.0 Å². The summed E-state index contributed by atoms with van der Waals surface area (Å²) in [6.07, 6.45) is 1.60. The summed E-state index contributed by atoms with van der Waals surface area (Å²) in [6, 6.07) is 20.2. The number of benzene rings is 3. The van der Waals surface area contributed by atoms with E-state index in [0.717, 1.165) is 11.8 Å². The molecule has 1 atom stereocenters. The number of ether oxygens (including phenoxy) is 1. The molecule has 11 heteroatoms. The van der Waals surface area contributed by atoms with E-state index in [1.807, 2.05) is 44.2 Å². The fraction of sp³-hybridized carbons (Fsp3) is 0.355. The highest BCUT2D eigenvalue weighted by molar-refractivity contribution is 7.92. The van der Waals surface area contributed by atoms with Crippen LogP contribution in [0.4, 0.5) is 5.69 Å². The molecule has 42 heavy (non-hydrogen) atoms. The van der Waals surface area contributed by atoms with Crippen molar-refractivity contribution in [1.29, 1.82) is 0 Å². The van der Waals surface area contributed by atoms with Gasteiger partial charge in [-0.25, -0.2) is 8.42 Å². The van der Waals surface area contributed by atoms with E-state index in [1.165, 1.54) is 16.3 Å². The van der Waals surface area contributed by atoms with Crippen LogP contribution in [-0.2, 0) is 32.6 Å². The summed E-state index contributed by atoms with van der Waals surface area (Å²) >= 11 is 13.0. The van der Waals surface area contributed by atoms with Crippen molar-refractivity contribution in [3.8, 4) is 5.75 Å². The van der Waals surface area contributed by atoms with Gasteiger partial charge in [-0.05, 0) is 62.2 Å². The molecule has 0 aromatic heterocycles. The van der Waals surface area contributed by atoms with Gasteiger partial charge in [-0.1, -0.05) is 59.6 Å². The Morgan fingerprint density at radius 2 is 1.55 bits per heavy atom. The van der Waals surface area contributed by atoms with E-state index in [2.05, 4.69) is 5.32 Å². The summed E-state index contributed by atoms with van der Waals surface area (Å²) in [4.78, 5) is 29.0. The second kappa shape index (κ2) is 15.3. The molecule has 0 saturated carbocycles. The number of nitrogens with one attached hydrogen (secondary N) is 1. The molecule has 1 unspecified atom stereocenters. The van der Waals surface area contributed by atoms with E-state index >= 15 is 0 Å². The minimum Gasteiger partial charge on any atom is -0.497 e. The van der Waals surface area contributed by atoms with E-state index in [4.69, 9.17) is 27.9 Å². The molecule has 0 heterocycles. The van der Waals surface area contributed by atoms with Gasteiger partial charge in [0.15, 0.2) is 0 Å². The summed E-state index contributed by atoms with van der Waals surface area (Å²) in [7, 11) is -2.10. The Bertz CT molecular complexity index is 1430. The van der Waals surface area contributed by atoms with Crippen LogP contribution in [0.15, 0.2) is 72.8 Å². The van der Waals surface area contributed by atoms with Gasteiger partial charge < -0.3 is 15.0 Å². The molecule has 0 saturated heterocycles. The van der Waals surface area contributed by atoms with Crippen molar-refractivity contribution >= 4 is 50.7 Å². The van der Waals surface area contributed by atoms with Crippen LogP contribution in [0.2, 0.25) is 10.0 Å². The first kappa shape index (κ1) is 33.2. The molecule has 0 bridgehead atoms. The molecule has 0 radical (unpaired) electrons. The highest BCUT2D eigenvalue weighted by Crippen LogP contribution is 2.28. The number of halogens is 2. The van der Waals surface area contributed by atoms with Gasteiger partial charge >= 0.3 is 0 Å². The van der Waals surface area contributed by atoms with Crippen LogP contribution in [0.3, 0.4) is 0 Å². The smallest absolute Gasteiger partial charge is 0.243 e. The van der Waals surface area contributed by atoms with Gasteiger partial charge in [-0.2, -0.15) is 0 Å². The Balaban J connectivity index is 1.91. The largest absolute Gasteiger partial charge is 0.497 e. The van der Waals surface area contributed by atoms with Crippen molar-refractivity contribution in [3.63, 3.8) is 0 Å². The summed E-state index contributed by atoms with van der Waals surface area (Å²) < 4.78 is 31.7. The molecule has 0 aliphatic carbocycles. The Hall–Kier alpha value is -3.27. The summed E-state index contributed by atoms with van der Waals surface area (Å²) in [5.74, 6) is -0.0317. The van der Waals surface area contributed by atoms with Gasteiger partial charge in [-0.15, -0.1) is 0 Å². The lowest BCUT2D eigenvalue weighted by molar-refractivity contribution is -0.141. The maximum atomic E-state index is 13.9. The van der Waals surface area contributed by atoms with E-state index < -0.39 is 16.1 Å². The van der Waals surface area contributed by atoms with Crippen molar-refractivity contribution in [2.45, 2.75) is 51.7 Å². The van der Waals surface area contributed by atoms with Crippen LogP contribution in [0.25, 0.3) is 0 Å². The second-order valence-corrected chi connectivity index (χ2v) is 12.9. The third kappa shape index (κ3) is 9.37. The molecule has 0 fully saturated rings. The highest BCUT2D eigenvalue weighted by Gasteiger charge is 2.31. The average molecular weight is 635 g/mol.